The number of β-amino-alcohol motifs (C(OH)–C–C–N with tert-alkyl or cyclic N) is 1. The molecule has 316 valence electrons. The maximum Gasteiger partial charge on any atom is 0.333 e. The van der Waals surface area contributed by atoms with Gasteiger partial charge in [-0.2, -0.15) is 0 Å². The van der Waals surface area contributed by atoms with Crippen molar-refractivity contribution >= 4 is 17.5 Å². The fourth-order valence-electron chi connectivity index (χ4n) is 9.74. The van der Waals surface area contributed by atoms with Gasteiger partial charge in [-0.1, -0.05) is 47.1 Å². The molecule has 0 amide bonds. The fraction of sp³-hybridized carbons (Fsp3) is 0.596. The van der Waals surface area contributed by atoms with Crippen LogP contribution in [-0.4, -0.2) is 112 Å². The number of ketones is 2. The van der Waals surface area contributed by atoms with Gasteiger partial charge in [0, 0.05) is 79.8 Å². The molecule has 3 aliphatic heterocycles. The third-order valence-electron chi connectivity index (χ3n) is 12.9. The van der Waals surface area contributed by atoms with E-state index in [1.54, 1.807) is 19.1 Å². The van der Waals surface area contributed by atoms with Crippen LogP contribution in [0.4, 0.5) is 0 Å². The van der Waals surface area contributed by atoms with Crippen LogP contribution in [0.5, 0.6) is 17.2 Å². The topological polar surface area (TPSA) is 146 Å². The molecule has 1 aromatic carbocycles. The summed E-state index contributed by atoms with van der Waals surface area (Å²) in [5.74, 6) is -2.56. The monoisotopic (exact) mass is 800 g/mol. The van der Waals surface area contributed by atoms with Crippen molar-refractivity contribution in [1.82, 2.24) is 9.80 Å². The number of aromatic hydroxyl groups is 2. The van der Waals surface area contributed by atoms with E-state index in [0.29, 0.717) is 30.5 Å². The van der Waals surface area contributed by atoms with Crippen LogP contribution in [0.3, 0.4) is 0 Å². The number of carbonyl (C=O) groups excluding carboxylic acids is 3. The molecule has 11 heteroatoms. The second kappa shape index (κ2) is 17.3. The minimum Gasteiger partial charge on any atom is -0.507 e. The van der Waals surface area contributed by atoms with Crippen LogP contribution >= 0.6 is 0 Å². The summed E-state index contributed by atoms with van der Waals surface area (Å²) < 4.78 is 19.6. The van der Waals surface area contributed by atoms with Gasteiger partial charge in [0.25, 0.3) is 0 Å². The maximum absolute atomic E-state index is 15.0. The first kappa shape index (κ1) is 43.5. The number of benzene rings is 1. The molecule has 3 fully saturated rings. The van der Waals surface area contributed by atoms with Gasteiger partial charge in [0.15, 0.2) is 22.8 Å². The number of Topliss-reactive ketones (excluding diaryl/α,β-unsaturated/α-hetero) is 2. The summed E-state index contributed by atoms with van der Waals surface area (Å²) >= 11 is 0. The number of ether oxygens (including phenoxy) is 3. The lowest BCUT2D eigenvalue weighted by molar-refractivity contribution is -0.171. The number of allylic oxidation sites excluding steroid dienone is 7. The van der Waals surface area contributed by atoms with Gasteiger partial charge in [-0.05, 0) is 93.9 Å². The summed E-state index contributed by atoms with van der Waals surface area (Å²) in [4.78, 5) is 47.5. The smallest absolute Gasteiger partial charge is 0.333 e. The van der Waals surface area contributed by atoms with Crippen LogP contribution in [0.15, 0.2) is 58.2 Å². The molecular formula is C47H64N2O9. The normalized spacial score (nSPS) is 26.5. The van der Waals surface area contributed by atoms with Crippen LogP contribution in [0.2, 0.25) is 0 Å². The van der Waals surface area contributed by atoms with E-state index in [4.69, 9.17) is 14.2 Å². The van der Waals surface area contributed by atoms with E-state index in [0.717, 1.165) is 56.7 Å². The van der Waals surface area contributed by atoms with Crippen molar-refractivity contribution in [2.75, 3.05) is 52.5 Å². The molecule has 1 spiro atoms. The summed E-state index contributed by atoms with van der Waals surface area (Å²) in [6.07, 6.45) is 12.7. The van der Waals surface area contributed by atoms with Crippen molar-refractivity contribution in [3.8, 4) is 17.2 Å². The second-order valence-corrected chi connectivity index (χ2v) is 17.9. The highest BCUT2D eigenvalue weighted by Crippen LogP contribution is 2.68. The Bertz CT molecular complexity index is 1950. The van der Waals surface area contributed by atoms with Gasteiger partial charge in [-0.3, -0.25) is 14.5 Å². The molecule has 7 rings (SSSR count). The predicted molar refractivity (Wildman–Crippen MR) is 223 cm³/mol. The quantitative estimate of drug-likeness (QED) is 0.0709. The molecule has 0 unspecified atom stereocenters. The highest BCUT2D eigenvalue weighted by Gasteiger charge is 2.81. The zero-order valence-electron chi connectivity index (χ0n) is 35.8. The summed E-state index contributed by atoms with van der Waals surface area (Å²) in [5, 5.41) is 33.0. The molecular weight excluding hydrogens is 737 g/mol. The van der Waals surface area contributed by atoms with Crippen molar-refractivity contribution in [3.05, 3.63) is 74.9 Å². The molecule has 0 aromatic heterocycles. The van der Waals surface area contributed by atoms with Crippen LogP contribution in [-0.2, 0) is 31.9 Å². The summed E-state index contributed by atoms with van der Waals surface area (Å²) in [6.45, 7) is 21.0. The lowest BCUT2D eigenvalue weighted by Gasteiger charge is -2.56. The first-order chi connectivity index (χ1) is 27.5. The van der Waals surface area contributed by atoms with Crippen molar-refractivity contribution in [1.29, 1.82) is 0 Å². The predicted octanol–water partition coefficient (Wildman–Crippen LogP) is 6.73. The number of piperazine rings is 1. The molecule has 2 saturated heterocycles. The highest BCUT2D eigenvalue weighted by atomic mass is 16.6. The second-order valence-electron chi connectivity index (χ2n) is 17.9. The number of aliphatic hydroxyl groups is 1. The number of aliphatic hydroxyl groups excluding tert-OH is 1. The SMILES string of the molecule is CC(C)=CCC/C(C)=C/Cc1c(O)c(CC=C(C)C)c2c(c1O)C(=O)C1=C[C@H]3C[C@H]4C(C)(C)O[C@](C/C=C(/C)C(=O)OCCCN5CCN(CCO)CC5)(C3=O)[C@]14O2. The summed E-state index contributed by atoms with van der Waals surface area (Å²) in [7, 11) is 0. The molecule has 1 saturated carbocycles. The Morgan fingerprint density at radius 2 is 1.55 bits per heavy atom. The van der Waals surface area contributed by atoms with E-state index < -0.39 is 40.4 Å². The van der Waals surface area contributed by atoms with Crippen molar-refractivity contribution in [2.24, 2.45) is 11.8 Å². The molecule has 4 atom stereocenters. The Hall–Kier alpha value is -4.03. The lowest BCUT2D eigenvalue weighted by Crippen LogP contribution is -2.72. The van der Waals surface area contributed by atoms with Crippen molar-refractivity contribution in [3.63, 3.8) is 0 Å². The Labute approximate surface area is 344 Å². The van der Waals surface area contributed by atoms with Gasteiger partial charge in [-0.15, -0.1) is 0 Å². The van der Waals surface area contributed by atoms with E-state index in [-0.39, 0.29) is 72.2 Å². The van der Waals surface area contributed by atoms with E-state index in [1.807, 2.05) is 46.8 Å². The first-order valence-corrected chi connectivity index (χ1v) is 21.1. The van der Waals surface area contributed by atoms with Gasteiger partial charge >= 0.3 is 5.97 Å². The minimum absolute atomic E-state index is 0.00730. The zero-order valence-corrected chi connectivity index (χ0v) is 35.8. The number of fused-ring (bicyclic) bond motifs is 1. The van der Waals surface area contributed by atoms with Crippen LogP contribution in [0, 0.1) is 11.8 Å². The third-order valence-corrected chi connectivity index (χ3v) is 12.9. The van der Waals surface area contributed by atoms with E-state index in [9.17, 15) is 29.7 Å². The number of nitrogens with zero attached hydrogens (tertiary/aromatic N) is 2. The minimum atomic E-state index is -1.65. The summed E-state index contributed by atoms with van der Waals surface area (Å²) in [6, 6.07) is 0. The average Bonchev–Trinajstić information content (AvgIpc) is 3.32. The number of phenols is 2. The van der Waals surface area contributed by atoms with Gasteiger partial charge in [0.2, 0.25) is 0 Å². The molecule has 58 heavy (non-hydrogen) atoms. The lowest BCUT2D eigenvalue weighted by atomic mass is 9.51. The van der Waals surface area contributed by atoms with Crippen LogP contribution in [0.25, 0.3) is 0 Å². The Kier molecular flexibility index (Phi) is 13.0. The highest BCUT2D eigenvalue weighted by molar-refractivity contribution is 6.18. The summed E-state index contributed by atoms with van der Waals surface area (Å²) in [5.41, 5.74) is 0.462. The number of phenolic OH excluding ortho intramolecular Hbond substituents is 2. The van der Waals surface area contributed by atoms with Gasteiger partial charge < -0.3 is 34.4 Å². The third kappa shape index (κ3) is 7.99. The fourth-order valence-corrected chi connectivity index (χ4v) is 9.74. The Balaban J connectivity index is 1.30. The van der Waals surface area contributed by atoms with Gasteiger partial charge in [-0.25, -0.2) is 4.79 Å². The van der Waals surface area contributed by atoms with E-state index in [1.165, 1.54) is 5.57 Å². The molecule has 3 N–H and O–H groups in total. The Morgan fingerprint density at radius 1 is 0.897 bits per heavy atom. The Morgan fingerprint density at radius 3 is 2.21 bits per heavy atom. The molecule has 3 aliphatic carbocycles. The van der Waals surface area contributed by atoms with Crippen molar-refractivity contribution in [2.45, 2.75) is 117 Å². The molecule has 6 aliphatic rings. The first-order valence-electron chi connectivity index (χ1n) is 21.1. The number of hydrogen-bond acceptors (Lipinski definition) is 11. The number of rotatable bonds is 16. The number of esters is 1. The number of carbonyl (C=O) groups is 3. The van der Waals surface area contributed by atoms with Gasteiger partial charge in [0.05, 0.1) is 18.8 Å². The standard InChI is InChI=1S/C47H64N2O9/c1-29(2)11-9-12-31(5)14-16-34-39(51)35(15-13-30(3)4)42-38(40(34)52)41(53)36-27-33-28-37-45(7,8)58-46(43(33)54,47(36,37)57-42)18-17-32(6)44(55)56-26-10-19-48-20-22-49(23-21-48)24-25-50/h11,13-14,17,27,33,37,50-52H,9-10,12,15-16,18-26,28H2,1-8H3/b31-14+,32-17-/t33-,37-,46+,47-/m0/s1. The largest absolute Gasteiger partial charge is 0.507 e. The molecule has 1 aromatic rings. The van der Waals surface area contributed by atoms with Gasteiger partial charge in [0.1, 0.15) is 22.8 Å². The number of hydrogen-bond donors (Lipinski definition) is 3. The van der Waals surface area contributed by atoms with E-state index in [2.05, 4.69) is 29.7 Å². The van der Waals surface area contributed by atoms with Crippen LogP contribution < -0.4 is 4.74 Å². The maximum atomic E-state index is 15.0. The molecule has 11 nitrogen and oxygen atoms in total. The van der Waals surface area contributed by atoms with E-state index >= 15 is 0 Å². The van der Waals surface area contributed by atoms with Crippen molar-refractivity contribution < 1.29 is 43.9 Å². The average molecular weight is 801 g/mol. The molecule has 3 heterocycles. The molecule has 4 bridgehead atoms. The molecule has 0 radical (unpaired) electrons. The van der Waals surface area contributed by atoms with Crippen LogP contribution in [0.1, 0.15) is 109 Å². The zero-order chi connectivity index (χ0) is 42.2.